The summed E-state index contributed by atoms with van der Waals surface area (Å²) in [5.74, 6) is 0.305. The fraction of sp³-hybridized carbons (Fsp3) is 0.286. The molecule has 0 unspecified atom stereocenters. The summed E-state index contributed by atoms with van der Waals surface area (Å²) in [6.45, 7) is 3.90. The van der Waals surface area contributed by atoms with Gasteiger partial charge >= 0.3 is 6.03 Å². The number of amides is 3. The van der Waals surface area contributed by atoms with Crippen LogP contribution >= 0.6 is 0 Å². The van der Waals surface area contributed by atoms with Crippen molar-refractivity contribution in [2.75, 3.05) is 25.0 Å². The van der Waals surface area contributed by atoms with Gasteiger partial charge in [-0.2, -0.15) is 0 Å². The lowest BCUT2D eigenvalue weighted by molar-refractivity contribution is 0.0950. The van der Waals surface area contributed by atoms with E-state index in [2.05, 4.69) is 10.6 Å². The molecule has 3 amide bonds. The second kappa shape index (κ2) is 11.5. The van der Waals surface area contributed by atoms with E-state index in [0.717, 1.165) is 24.2 Å². The van der Waals surface area contributed by atoms with Crippen LogP contribution in [0.25, 0.3) is 0 Å². The molecule has 0 aromatic heterocycles. The number of nitrogens with zero attached hydrogens (tertiary/aromatic N) is 1. The van der Waals surface area contributed by atoms with Crippen LogP contribution in [0.5, 0.6) is 5.75 Å². The Balaban J connectivity index is 1.36. The molecule has 1 aliphatic rings. The summed E-state index contributed by atoms with van der Waals surface area (Å²) in [5, 5.41) is 5.75. The van der Waals surface area contributed by atoms with E-state index in [0.29, 0.717) is 36.5 Å². The Morgan fingerprint density at radius 1 is 1.06 bits per heavy atom. The Kier molecular flexibility index (Phi) is 7.98. The van der Waals surface area contributed by atoms with E-state index in [-0.39, 0.29) is 30.2 Å². The molecule has 0 bridgehead atoms. The van der Waals surface area contributed by atoms with Gasteiger partial charge in [0.05, 0.1) is 6.61 Å². The minimum atomic E-state index is -0.340. The third-order valence-corrected chi connectivity index (χ3v) is 6.14. The van der Waals surface area contributed by atoms with E-state index in [1.165, 1.54) is 6.07 Å². The zero-order valence-corrected chi connectivity index (χ0v) is 19.8. The minimum Gasteiger partial charge on any atom is -0.494 e. The van der Waals surface area contributed by atoms with E-state index in [9.17, 15) is 14.0 Å². The van der Waals surface area contributed by atoms with Crippen LogP contribution in [-0.4, -0.2) is 36.5 Å². The summed E-state index contributed by atoms with van der Waals surface area (Å²) < 4.78 is 19.3. The molecule has 4 rings (SSSR count). The van der Waals surface area contributed by atoms with E-state index in [4.69, 9.17) is 4.74 Å². The quantitative estimate of drug-likeness (QED) is 0.470. The lowest BCUT2D eigenvalue weighted by atomic mass is 9.89. The minimum absolute atomic E-state index is 0.124. The number of hydrogen-bond acceptors (Lipinski definition) is 3. The average molecular weight is 476 g/mol. The van der Waals surface area contributed by atoms with Gasteiger partial charge in [0.15, 0.2) is 0 Å². The Labute approximate surface area is 205 Å². The predicted octanol–water partition coefficient (Wildman–Crippen LogP) is 5.57. The Hall–Kier alpha value is -3.87. The van der Waals surface area contributed by atoms with Gasteiger partial charge in [-0.3, -0.25) is 4.79 Å². The van der Waals surface area contributed by atoms with Crippen molar-refractivity contribution in [3.05, 3.63) is 95.3 Å². The highest BCUT2D eigenvalue weighted by molar-refractivity contribution is 5.94. The summed E-state index contributed by atoms with van der Waals surface area (Å²) in [4.78, 5) is 27.4. The maximum Gasteiger partial charge on any atom is 0.321 e. The number of piperidine rings is 1. The van der Waals surface area contributed by atoms with Crippen LogP contribution in [-0.2, 0) is 6.54 Å². The fourth-order valence-corrected chi connectivity index (χ4v) is 4.29. The number of hydrogen-bond donors (Lipinski definition) is 2. The van der Waals surface area contributed by atoms with E-state index in [1.54, 1.807) is 24.3 Å². The number of likely N-dealkylation sites (tertiary alicyclic amines) is 1. The van der Waals surface area contributed by atoms with E-state index < -0.39 is 0 Å². The largest absolute Gasteiger partial charge is 0.494 e. The van der Waals surface area contributed by atoms with Crippen molar-refractivity contribution in [2.24, 2.45) is 0 Å². The number of benzene rings is 3. The molecule has 3 aromatic rings. The first kappa shape index (κ1) is 24.3. The van der Waals surface area contributed by atoms with Crippen LogP contribution < -0.4 is 15.4 Å². The molecule has 1 fully saturated rings. The SMILES string of the molecule is CCOc1ccc(NC(=O)N2CCC[C@@H](c3cccc(C(=O)NCc4ccccc4F)c3)C2)cc1. The van der Waals surface area contributed by atoms with Gasteiger partial charge in [0, 0.05) is 42.4 Å². The molecule has 1 aliphatic heterocycles. The van der Waals surface area contributed by atoms with Gasteiger partial charge in [0.25, 0.3) is 5.91 Å². The molecule has 0 radical (unpaired) electrons. The monoisotopic (exact) mass is 475 g/mol. The van der Waals surface area contributed by atoms with Gasteiger partial charge in [0.2, 0.25) is 0 Å². The molecule has 0 spiro atoms. The van der Waals surface area contributed by atoms with Crippen LogP contribution in [0.3, 0.4) is 0 Å². The Bertz CT molecular complexity index is 1170. The van der Waals surface area contributed by atoms with Crippen molar-refractivity contribution < 1.29 is 18.7 Å². The molecule has 1 heterocycles. The first-order valence-corrected chi connectivity index (χ1v) is 11.9. The lowest BCUT2D eigenvalue weighted by Crippen LogP contribution is -2.41. The molecule has 7 heteroatoms. The van der Waals surface area contributed by atoms with Crippen molar-refractivity contribution in [2.45, 2.75) is 32.2 Å². The van der Waals surface area contributed by atoms with Gasteiger partial charge in [-0.25, -0.2) is 9.18 Å². The number of ether oxygens (including phenoxy) is 1. The van der Waals surface area contributed by atoms with Crippen molar-refractivity contribution in [1.29, 1.82) is 0 Å². The standard InChI is InChI=1S/C28H30FN3O3/c1-2-35-25-14-12-24(13-15-25)31-28(34)32-16-6-10-23(19-32)20-8-5-9-21(17-20)27(33)30-18-22-7-3-4-11-26(22)29/h3-5,7-9,11-15,17,23H,2,6,10,16,18-19H2,1H3,(H,30,33)(H,31,34)/t23-/m1/s1. The summed E-state index contributed by atoms with van der Waals surface area (Å²) in [5.41, 5.74) is 2.70. The normalized spacial score (nSPS) is 15.4. The van der Waals surface area contributed by atoms with E-state index in [1.807, 2.05) is 54.3 Å². The van der Waals surface area contributed by atoms with Crippen LogP contribution in [0, 0.1) is 5.82 Å². The van der Waals surface area contributed by atoms with Crippen LogP contribution in [0.15, 0.2) is 72.8 Å². The van der Waals surface area contributed by atoms with Crippen LogP contribution in [0.1, 0.15) is 47.2 Å². The molecule has 1 saturated heterocycles. The van der Waals surface area contributed by atoms with Gasteiger partial charge in [0.1, 0.15) is 11.6 Å². The lowest BCUT2D eigenvalue weighted by Gasteiger charge is -2.33. The number of rotatable bonds is 7. The highest BCUT2D eigenvalue weighted by Crippen LogP contribution is 2.28. The molecule has 2 N–H and O–H groups in total. The van der Waals surface area contributed by atoms with E-state index >= 15 is 0 Å². The fourth-order valence-electron chi connectivity index (χ4n) is 4.29. The first-order chi connectivity index (χ1) is 17.0. The topological polar surface area (TPSA) is 70.7 Å². The van der Waals surface area contributed by atoms with Crippen LogP contribution in [0.2, 0.25) is 0 Å². The smallest absolute Gasteiger partial charge is 0.321 e. The second-order valence-electron chi connectivity index (χ2n) is 8.57. The molecule has 35 heavy (non-hydrogen) atoms. The predicted molar refractivity (Wildman–Crippen MR) is 134 cm³/mol. The zero-order chi connectivity index (χ0) is 24.6. The molecular weight excluding hydrogens is 445 g/mol. The van der Waals surface area contributed by atoms with Gasteiger partial charge in [-0.15, -0.1) is 0 Å². The summed E-state index contributed by atoms with van der Waals surface area (Å²) in [6.07, 6.45) is 1.82. The molecule has 0 saturated carbocycles. The molecule has 0 aliphatic carbocycles. The van der Waals surface area contributed by atoms with Crippen molar-refractivity contribution in [3.8, 4) is 5.75 Å². The molecule has 3 aromatic carbocycles. The third-order valence-electron chi connectivity index (χ3n) is 6.14. The third kappa shape index (κ3) is 6.38. The van der Waals surface area contributed by atoms with Crippen LogP contribution in [0.4, 0.5) is 14.9 Å². The summed E-state index contributed by atoms with van der Waals surface area (Å²) >= 11 is 0. The number of anilines is 1. The Morgan fingerprint density at radius 2 is 1.86 bits per heavy atom. The summed E-state index contributed by atoms with van der Waals surface area (Å²) in [7, 11) is 0. The first-order valence-electron chi connectivity index (χ1n) is 11.9. The molecule has 182 valence electrons. The molecule has 1 atom stereocenters. The number of urea groups is 1. The van der Waals surface area contributed by atoms with Crippen molar-refractivity contribution in [3.63, 3.8) is 0 Å². The number of carbonyl (C=O) groups excluding carboxylic acids is 2. The number of carbonyl (C=O) groups is 2. The maximum absolute atomic E-state index is 13.8. The van der Waals surface area contributed by atoms with Gasteiger partial charge < -0.3 is 20.3 Å². The highest BCUT2D eigenvalue weighted by atomic mass is 19.1. The second-order valence-corrected chi connectivity index (χ2v) is 8.57. The molecular formula is C28H30FN3O3. The number of nitrogens with one attached hydrogen (secondary N) is 2. The molecule has 6 nitrogen and oxygen atoms in total. The van der Waals surface area contributed by atoms with Gasteiger partial charge in [-0.05, 0) is 67.8 Å². The zero-order valence-electron chi connectivity index (χ0n) is 19.8. The van der Waals surface area contributed by atoms with Gasteiger partial charge in [-0.1, -0.05) is 30.3 Å². The van der Waals surface area contributed by atoms with Crippen molar-refractivity contribution >= 4 is 17.6 Å². The highest BCUT2D eigenvalue weighted by Gasteiger charge is 2.25. The number of halogens is 1. The summed E-state index contributed by atoms with van der Waals surface area (Å²) in [6, 6.07) is 21.0. The maximum atomic E-state index is 13.8. The average Bonchev–Trinajstić information content (AvgIpc) is 2.89. The Morgan fingerprint density at radius 3 is 2.63 bits per heavy atom. The van der Waals surface area contributed by atoms with Crippen molar-refractivity contribution in [1.82, 2.24) is 10.2 Å².